The molecule has 0 aliphatic heterocycles. The second-order valence-corrected chi connectivity index (χ2v) is 4.98. The highest BCUT2D eigenvalue weighted by Gasteiger charge is 2.10. The molecule has 0 spiro atoms. The fourth-order valence-electron chi connectivity index (χ4n) is 2.09. The Balaban J connectivity index is 2.00. The number of aromatic amines is 1. The van der Waals surface area contributed by atoms with Gasteiger partial charge < -0.3 is 10.3 Å². The molecule has 0 unspecified atom stereocenters. The lowest BCUT2D eigenvalue weighted by molar-refractivity contribution is -0.116. The number of nitrogens with zero attached hydrogens (tertiary/aromatic N) is 2. The second kappa shape index (κ2) is 6.30. The van der Waals surface area contributed by atoms with Gasteiger partial charge in [0, 0.05) is 23.9 Å². The smallest absolute Gasteiger partial charge is 0.254 e. The predicted molar refractivity (Wildman–Crippen MR) is 80.3 cm³/mol. The molecule has 0 bridgehead atoms. The standard InChI is InChI=1S/C15H18N4O2/c1-9-6-7-16-13(8-9)19-14(20)5-4-12-10(2)17-11(3)18-15(12)21/h6-8H,4-5H2,1-3H3,(H,16,19,20)(H,17,18,21). The van der Waals surface area contributed by atoms with Gasteiger partial charge in [0.1, 0.15) is 11.6 Å². The normalized spacial score (nSPS) is 10.4. The Hall–Kier alpha value is -2.50. The van der Waals surface area contributed by atoms with Gasteiger partial charge in [-0.25, -0.2) is 9.97 Å². The monoisotopic (exact) mass is 286 g/mol. The number of pyridine rings is 1. The van der Waals surface area contributed by atoms with Crippen molar-refractivity contribution < 1.29 is 4.79 Å². The van der Waals surface area contributed by atoms with Gasteiger partial charge in [0.05, 0.1) is 0 Å². The zero-order chi connectivity index (χ0) is 15.4. The molecule has 2 aromatic rings. The first-order valence-electron chi connectivity index (χ1n) is 6.74. The molecule has 2 aromatic heterocycles. The molecule has 1 amide bonds. The van der Waals surface area contributed by atoms with E-state index in [0.717, 1.165) is 5.56 Å². The molecule has 6 nitrogen and oxygen atoms in total. The van der Waals surface area contributed by atoms with E-state index in [4.69, 9.17) is 0 Å². The first-order valence-corrected chi connectivity index (χ1v) is 6.74. The number of amides is 1. The first-order chi connectivity index (χ1) is 9.95. The van der Waals surface area contributed by atoms with Gasteiger partial charge in [0.25, 0.3) is 5.56 Å². The van der Waals surface area contributed by atoms with Crippen molar-refractivity contribution in [2.45, 2.75) is 33.6 Å². The summed E-state index contributed by atoms with van der Waals surface area (Å²) in [6.45, 7) is 5.43. The van der Waals surface area contributed by atoms with Crippen molar-refractivity contribution in [3.63, 3.8) is 0 Å². The topological polar surface area (TPSA) is 87.7 Å². The molecule has 0 aliphatic carbocycles. The summed E-state index contributed by atoms with van der Waals surface area (Å²) >= 11 is 0. The van der Waals surface area contributed by atoms with Gasteiger partial charge >= 0.3 is 0 Å². The van der Waals surface area contributed by atoms with Crippen LogP contribution in [0.2, 0.25) is 0 Å². The number of anilines is 1. The van der Waals surface area contributed by atoms with Gasteiger partial charge in [-0.3, -0.25) is 9.59 Å². The summed E-state index contributed by atoms with van der Waals surface area (Å²) in [5, 5.41) is 2.72. The maximum absolute atomic E-state index is 11.9. The maximum Gasteiger partial charge on any atom is 0.254 e. The summed E-state index contributed by atoms with van der Waals surface area (Å²) < 4.78 is 0. The van der Waals surface area contributed by atoms with Crippen molar-refractivity contribution in [1.29, 1.82) is 0 Å². The van der Waals surface area contributed by atoms with E-state index in [1.54, 1.807) is 26.1 Å². The second-order valence-electron chi connectivity index (χ2n) is 4.98. The third kappa shape index (κ3) is 3.98. The van der Waals surface area contributed by atoms with E-state index in [0.29, 0.717) is 29.3 Å². The highest BCUT2D eigenvalue weighted by atomic mass is 16.1. The van der Waals surface area contributed by atoms with Crippen LogP contribution in [0.15, 0.2) is 23.1 Å². The van der Waals surface area contributed by atoms with Crippen molar-refractivity contribution >= 4 is 11.7 Å². The molecule has 0 fully saturated rings. The van der Waals surface area contributed by atoms with Gasteiger partial charge in [-0.1, -0.05) is 0 Å². The minimum atomic E-state index is -0.179. The average molecular weight is 286 g/mol. The molecule has 0 radical (unpaired) electrons. The molecule has 0 saturated carbocycles. The Bertz CT molecular complexity index is 722. The van der Waals surface area contributed by atoms with E-state index < -0.39 is 0 Å². The number of hydrogen-bond acceptors (Lipinski definition) is 4. The molecule has 0 saturated heterocycles. The van der Waals surface area contributed by atoms with E-state index in [-0.39, 0.29) is 17.9 Å². The fraction of sp³-hybridized carbons (Fsp3) is 0.333. The van der Waals surface area contributed by atoms with Crippen molar-refractivity contribution in [1.82, 2.24) is 15.0 Å². The van der Waals surface area contributed by atoms with E-state index in [1.165, 1.54) is 0 Å². The van der Waals surface area contributed by atoms with Crippen molar-refractivity contribution in [2.75, 3.05) is 5.32 Å². The van der Waals surface area contributed by atoms with E-state index in [2.05, 4.69) is 20.3 Å². The molecular formula is C15H18N4O2. The molecule has 0 aromatic carbocycles. The van der Waals surface area contributed by atoms with Gasteiger partial charge in [-0.05, 0) is 44.9 Å². The van der Waals surface area contributed by atoms with Crippen LogP contribution in [0.5, 0.6) is 0 Å². The van der Waals surface area contributed by atoms with Crippen LogP contribution in [-0.2, 0) is 11.2 Å². The average Bonchev–Trinajstić information content (AvgIpc) is 2.37. The first kappa shape index (κ1) is 14.9. The lowest BCUT2D eigenvalue weighted by Crippen LogP contribution is -2.20. The molecular weight excluding hydrogens is 268 g/mol. The third-order valence-corrected chi connectivity index (χ3v) is 3.13. The molecule has 0 aliphatic rings. The van der Waals surface area contributed by atoms with Crippen LogP contribution < -0.4 is 10.9 Å². The highest BCUT2D eigenvalue weighted by Crippen LogP contribution is 2.07. The number of H-pyrrole nitrogens is 1. The summed E-state index contributed by atoms with van der Waals surface area (Å²) in [5.41, 5.74) is 2.06. The number of nitrogens with one attached hydrogen (secondary N) is 2. The maximum atomic E-state index is 11.9. The van der Waals surface area contributed by atoms with Gasteiger partial charge in [0.15, 0.2) is 0 Å². The van der Waals surface area contributed by atoms with Gasteiger partial charge in [-0.15, -0.1) is 0 Å². The van der Waals surface area contributed by atoms with Crippen molar-refractivity contribution in [2.24, 2.45) is 0 Å². The van der Waals surface area contributed by atoms with Crippen LogP contribution in [0.1, 0.15) is 29.1 Å². The Morgan fingerprint density at radius 2 is 2.10 bits per heavy atom. The van der Waals surface area contributed by atoms with Crippen molar-refractivity contribution in [3.05, 3.63) is 51.3 Å². The highest BCUT2D eigenvalue weighted by molar-refractivity contribution is 5.89. The van der Waals surface area contributed by atoms with Crippen LogP contribution in [0.3, 0.4) is 0 Å². The third-order valence-electron chi connectivity index (χ3n) is 3.13. The Morgan fingerprint density at radius 1 is 1.33 bits per heavy atom. The minimum absolute atomic E-state index is 0.174. The van der Waals surface area contributed by atoms with E-state index in [1.807, 2.05) is 13.0 Å². The van der Waals surface area contributed by atoms with Gasteiger partial charge in [-0.2, -0.15) is 0 Å². The molecule has 2 rings (SSSR count). The number of carbonyl (C=O) groups is 1. The van der Waals surface area contributed by atoms with Crippen LogP contribution >= 0.6 is 0 Å². The Labute approximate surface area is 122 Å². The summed E-state index contributed by atoms with van der Waals surface area (Å²) in [6.07, 6.45) is 2.21. The summed E-state index contributed by atoms with van der Waals surface area (Å²) in [7, 11) is 0. The van der Waals surface area contributed by atoms with Crippen LogP contribution in [-0.4, -0.2) is 20.9 Å². The molecule has 0 atom stereocenters. The number of carbonyl (C=O) groups excluding carboxylic acids is 1. The quantitative estimate of drug-likeness (QED) is 0.894. The van der Waals surface area contributed by atoms with Crippen molar-refractivity contribution in [3.8, 4) is 0 Å². The Kier molecular flexibility index (Phi) is 4.47. The number of rotatable bonds is 4. The fourth-order valence-corrected chi connectivity index (χ4v) is 2.09. The Morgan fingerprint density at radius 3 is 2.76 bits per heavy atom. The summed E-state index contributed by atoms with van der Waals surface area (Å²) in [4.78, 5) is 34.7. The number of aromatic nitrogens is 3. The molecule has 21 heavy (non-hydrogen) atoms. The predicted octanol–water partition coefficient (Wildman–Crippen LogP) is 1.66. The minimum Gasteiger partial charge on any atom is -0.311 e. The number of hydrogen-bond donors (Lipinski definition) is 2. The molecule has 2 N–H and O–H groups in total. The lowest BCUT2D eigenvalue weighted by Gasteiger charge is -2.06. The van der Waals surface area contributed by atoms with E-state index >= 15 is 0 Å². The molecule has 110 valence electrons. The van der Waals surface area contributed by atoms with Crippen LogP contribution in [0.4, 0.5) is 5.82 Å². The summed E-state index contributed by atoms with van der Waals surface area (Å²) in [5.74, 6) is 0.926. The largest absolute Gasteiger partial charge is 0.311 e. The molecule has 6 heteroatoms. The SMILES string of the molecule is Cc1ccnc(NC(=O)CCc2c(C)nc(C)[nH]c2=O)c1. The van der Waals surface area contributed by atoms with Crippen LogP contribution in [0.25, 0.3) is 0 Å². The lowest BCUT2D eigenvalue weighted by atomic mass is 10.1. The zero-order valence-electron chi connectivity index (χ0n) is 12.4. The molecule has 2 heterocycles. The summed E-state index contributed by atoms with van der Waals surface area (Å²) in [6, 6.07) is 3.65. The van der Waals surface area contributed by atoms with Crippen LogP contribution in [0, 0.1) is 20.8 Å². The zero-order valence-corrected chi connectivity index (χ0v) is 12.4. The van der Waals surface area contributed by atoms with Gasteiger partial charge in [0.2, 0.25) is 5.91 Å². The number of aryl methyl sites for hydroxylation is 3. The van der Waals surface area contributed by atoms with E-state index in [9.17, 15) is 9.59 Å².